The van der Waals surface area contributed by atoms with E-state index in [0.717, 1.165) is 6.07 Å². The molecule has 2 aromatic carbocycles. The van der Waals surface area contributed by atoms with Gasteiger partial charge in [-0.05, 0) is 88.9 Å². The van der Waals surface area contributed by atoms with Crippen LogP contribution in [0.3, 0.4) is 0 Å². The minimum Gasteiger partial charge on any atom is -0.480 e. The summed E-state index contributed by atoms with van der Waals surface area (Å²) in [6.07, 6.45) is 0.688. The fourth-order valence-corrected chi connectivity index (χ4v) is 5.50. The van der Waals surface area contributed by atoms with E-state index in [-0.39, 0.29) is 17.5 Å². The number of nitrogens with one attached hydrogen (secondary N) is 3. The van der Waals surface area contributed by atoms with E-state index in [1.165, 1.54) is 17.0 Å². The van der Waals surface area contributed by atoms with Crippen LogP contribution in [0.4, 0.5) is 8.78 Å². The molecule has 2 aliphatic rings. The summed E-state index contributed by atoms with van der Waals surface area (Å²) in [5, 5.41) is 12.5. The van der Waals surface area contributed by atoms with Gasteiger partial charge in [0.25, 0.3) is 11.8 Å². The van der Waals surface area contributed by atoms with Crippen LogP contribution in [0.25, 0.3) is 0 Å². The Labute approximate surface area is 238 Å². The molecule has 5 atom stereocenters. The van der Waals surface area contributed by atoms with Crippen LogP contribution in [-0.4, -0.2) is 46.9 Å². The summed E-state index contributed by atoms with van der Waals surface area (Å²) >= 11 is 0. The number of hydrazine groups is 1. The second-order valence-electron chi connectivity index (χ2n) is 11.4. The maximum atomic E-state index is 14.1. The third-order valence-corrected chi connectivity index (χ3v) is 7.76. The van der Waals surface area contributed by atoms with E-state index >= 15 is 0 Å². The number of carbonyl (C=O) groups is 3. The molecule has 2 aromatic rings. The first-order valence-electron chi connectivity index (χ1n) is 13.6. The lowest BCUT2D eigenvalue weighted by atomic mass is 9.84. The molecule has 2 saturated heterocycles. The quantitative estimate of drug-likeness (QED) is 0.467. The van der Waals surface area contributed by atoms with E-state index in [0.29, 0.717) is 36.1 Å². The highest BCUT2D eigenvalue weighted by molar-refractivity contribution is 5.98. The van der Waals surface area contributed by atoms with Gasteiger partial charge in [0.15, 0.2) is 6.10 Å². The second-order valence-corrected chi connectivity index (χ2v) is 11.4. The van der Waals surface area contributed by atoms with E-state index in [1.54, 1.807) is 45.9 Å². The molecule has 4 rings (SSSR count). The molecule has 2 heterocycles. The molecule has 9 nitrogen and oxygen atoms in total. The molecule has 2 unspecified atom stereocenters. The summed E-state index contributed by atoms with van der Waals surface area (Å²) in [6, 6.07) is 8.04. The number of halogens is 2. The van der Waals surface area contributed by atoms with Crippen molar-refractivity contribution in [1.82, 2.24) is 21.1 Å². The summed E-state index contributed by atoms with van der Waals surface area (Å²) in [6.45, 7) is 8.65. The van der Waals surface area contributed by atoms with Crippen molar-refractivity contribution in [3.05, 3.63) is 64.7 Å². The van der Waals surface area contributed by atoms with E-state index in [2.05, 4.69) is 22.2 Å². The molecule has 2 aliphatic heterocycles. The van der Waals surface area contributed by atoms with Gasteiger partial charge in [-0.25, -0.2) is 14.2 Å². The van der Waals surface area contributed by atoms with Gasteiger partial charge in [-0.3, -0.25) is 19.8 Å². The van der Waals surface area contributed by atoms with Gasteiger partial charge in [-0.15, -0.1) is 0 Å². The van der Waals surface area contributed by atoms with Crippen LogP contribution in [-0.2, 0) is 9.59 Å². The molecular weight excluding hydrogens is 532 g/mol. The van der Waals surface area contributed by atoms with Crippen molar-refractivity contribution < 1.29 is 27.9 Å². The van der Waals surface area contributed by atoms with Gasteiger partial charge in [0.05, 0.1) is 23.6 Å². The number of hydrogen-bond donors (Lipinski definition) is 3. The highest BCUT2D eigenvalue weighted by atomic mass is 19.1. The Bertz CT molecular complexity index is 1370. The molecule has 0 radical (unpaired) electrons. The molecule has 41 heavy (non-hydrogen) atoms. The van der Waals surface area contributed by atoms with Crippen molar-refractivity contribution in [2.75, 3.05) is 0 Å². The Hall–Kier alpha value is -4.04. The summed E-state index contributed by atoms with van der Waals surface area (Å²) in [4.78, 5) is 40.6. The molecule has 2 fully saturated rings. The van der Waals surface area contributed by atoms with Gasteiger partial charge >= 0.3 is 0 Å². The molecular formula is C30H35F2N5O4. The molecule has 0 aromatic heterocycles. The number of likely N-dealkylation sites (tertiary alicyclic amines) is 1. The molecule has 3 N–H and O–H groups in total. The van der Waals surface area contributed by atoms with E-state index in [1.807, 2.05) is 6.92 Å². The van der Waals surface area contributed by atoms with Crippen molar-refractivity contribution in [3.8, 4) is 11.8 Å². The molecule has 218 valence electrons. The molecule has 0 aliphatic carbocycles. The average Bonchev–Trinajstić information content (AvgIpc) is 3.37. The Morgan fingerprint density at radius 2 is 1.85 bits per heavy atom. The number of ether oxygens (including phenoxy) is 1. The Morgan fingerprint density at radius 3 is 2.49 bits per heavy atom. The highest BCUT2D eigenvalue weighted by Gasteiger charge is 2.46. The predicted molar refractivity (Wildman–Crippen MR) is 146 cm³/mol. The summed E-state index contributed by atoms with van der Waals surface area (Å²) in [5.41, 5.74) is 5.72. The zero-order valence-electron chi connectivity index (χ0n) is 23.8. The number of hydrogen-bond acceptors (Lipinski definition) is 6. The van der Waals surface area contributed by atoms with Crippen molar-refractivity contribution in [2.24, 2.45) is 5.41 Å². The minimum atomic E-state index is -0.991. The summed E-state index contributed by atoms with van der Waals surface area (Å²) in [7, 11) is 0. The normalized spacial score (nSPS) is 23.4. The van der Waals surface area contributed by atoms with Crippen molar-refractivity contribution in [2.45, 2.75) is 84.2 Å². The number of nitriles is 1. The van der Waals surface area contributed by atoms with Crippen LogP contribution in [0.5, 0.6) is 5.75 Å². The van der Waals surface area contributed by atoms with Gasteiger partial charge in [0.2, 0.25) is 5.91 Å². The third-order valence-electron chi connectivity index (χ3n) is 7.76. The van der Waals surface area contributed by atoms with E-state index in [4.69, 9.17) is 4.74 Å². The topological polar surface area (TPSA) is 124 Å². The first-order valence-corrected chi connectivity index (χ1v) is 13.6. The fraction of sp³-hybridized carbons (Fsp3) is 0.467. The number of carbonyl (C=O) groups excluding carboxylic acids is 3. The lowest BCUT2D eigenvalue weighted by Crippen LogP contribution is -2.56. The Balaban J connectivity index is 1.51. The largest absolute Gasteiger partial charge is 0.480 e. The molecule has 0 spiro atoms. The first kappa shape index (κ1) is 29.9. The van der Waals surface area contributed by atoms with Crippen molar-refractivity contribution in [1.29, 1.82) is 5.26 Å². The third kappa shape index (κ3) is 6.49. The molecule has 0 bridgehead atoms. The maximum absolute atomic E-state index is 14.1. The van der Waals surface area contributed by atoms with Crippen LogP contribution in [0, 0.1) is 35.3 Å². The molecule has 0 saturated carbocycles. The van der Waals surface area contributed by atoms with Gasteiger partial charge in [0.1, 0.15) is 23.4 Å². The average molecular weight is 568 g/mol. The summed E-state index contributed by atoms with van der Waals surface area (Å²) in [5.74, 6) is -2.29. The minimum absolute atomic E-state index is 0.0376. The van der Waals surface area contributed by atoms with Gasteiger partial charge in [-0.1, -0.05) is 0 Å². The van der Waals surface area contributed by atoms with Crippen LogP contribution in [0.1, 0.15) is 74.5 Å². The number of aryl methyl sites for hydroxylation is 1. The molecule has 3 amide bonds. The van der Waals surface area contributed by atoms with Gasteiger partial charge in [0, 0.05) is 24.1 Å². The second kappa shape index (κ2) is 11.8. The summed E-state index contributed by atoms with van der Waals surface area (Å²) < 4.78 is 34.0. The number of benzene rings is 2. The number of nitrogens with zero attached hydrogens (tertiary/aromatic N) is 2. The van der Waals surface area contributed by atoms with Crippen molar-refractivity contribution in [3.63, 3.8) is 0 Å². The van der Waals surface area contributed by atoms with Crippen LogP contribution in [0.2, 0.25) is 0 Å². The smallest absolute Gasteiger partial charge is 0.275 e. The van der Waals surface area contributed by atoms with Crippen molar-refractivity contribution >= 4 is 17.7 Å². The Kier molecular flexibility index (Phi) is 8.63. The van der Waals surface area contributed by atoms with Crippen LogP contribution < -0.4 is 20.9 Å². The lowest BCUT2D eigenvalue weighted by molar-refractivity contribution is -0.137. The maximum Gasteiger partial charge on any atom is 0.275 e. The zero-order chi connectivity index (χ0) is 30.1. The van der Waals surface area contributed by atoms with Gasteiger partial charge in [-0.2, -0.15) is 5.26 Å². The lowest BCUT2D eigenvalue weighted by Gasteiger charge is -2.38. The fourth-order valence-electron chi connectivity index (χ4n) is 5.50. The highest BCUT2D eigenvalue weighted by Crippen LogP contribution is 2.43. The van der Waals surface area contributed by atoms with Gasteiger partial charge < -0.3 is 15.0 Å². The number of amides is 3. The van der Waals surface area contributed by atoms with Crippen LogP contribution in [0.15, 0.2) is 36.4 Å². The van der Waals surface area contributed by atoms with Crippen LogP contribution >= 0.6 is 0 Å². The SMILES string of the molecule is Cc1cc(C(=O)N[C@H](C)C(=O)N2[C@H](c3cc(F)cc(F)c3)CC[C@@H]2C(C)(C)C#N)ccc1OC1CC(C)NNC1=O. The van der Waals surface area contributed by atoms with E-state index in [9.17, 15) is 28.4 Å². The predicted octanol–water partition coefficient (Wildman–Crippen LogP) is 3.83. The zero-order valence-corrected chi connectivity index (χ0v) is 23.8. The standard InChI is InChI=1S/C30H35F2N5O4/c1-16-10-19(6-8-24(16)41-25-11-17(2)35-36-28(25)39)27(38)34-18(3)29(40)37-23(7-9-26(37)30(4,5)15-33)20-12-21(31)14-22(32)13-20/h6,8,10,12-14,17-18,23,25-26,35H,7,9,11H2,1-5H3,(H,34,38)(H,36,39)/t17?,18-,23+,25?,26-/m1/s1. The molecule has 11 heteroatoms. The van der Waals surface area contributed by atoms with E-state index < -0.39 is 53.1 Å². The monoisotopic (exact) mass is 567 g/mol. The Morgan fingerprint density at radius 1 is 1.17 bits per heavy atom. The number of rotatable bonds is 7. The first-order chi connectivity index (χ1) is 19.3.